The molecule has 0 heterocycles. The molecule has 0 radical (unpaired) electrons. The first-order chi connectivity index (χ1) is 4.63. The zero-order valence-corrected chi connectivity index (χ0v) is 8.27. The van der Waals surface area contributed by atoms with Crippen LogP contribution in [0, 0.1) is 5.41 Å². The fourth-order valence-electron chi connectivity index (χ4n) is 0.566. The van der Waals surface area contributed by atoms with Gasteiger partial charge in [-0.05, 0) is 11.2 Å². The minimum absolute atomic E-state index is 0.0301. The third kappa shape index (κ3) is 5.27. The highest BCUT2D eigenvalue weighted by molar-refractivity contribution is 8.10. The molecule has 0 rings (SSSR count). The summed E-state index contributed by atoms with van der Waals surface area (Å²) >= 11 is 0. The Kier molecular flexibility index (Phi) is 3.14. The lowest BCUT2D eigenvalue weighted by Gasteiger charge is -2.24. The predicted octanol–water partition coefficient (Wildman–Crippen LogP) is 1.08. The highest BCUT2D eigenvalue weighted by atomic mass is 32.2. The van der Waals surface area contributed by atoms with Crippen LogP contribution in [0.15, 0.2) is 0 Å². The standard InChI is InChI=1S/C6H15BO3S/c1-5(6(2,3)4)7-11(8,9)10/h5,7H,1-4H3,(H,8,9,10). The fraction of sp³-hybridized carbons (Fsp3) is 1.00. The predicted molar refractivity (Wildman–Crippen MR) is 47.6 cm³/mol. The Hall–Kier alpha value is -0.0251. The van der Waals surface area contributed by atoms with Gasteiger partial charge in [0.15, 0.2) is 0 Å². The molecule has 5 heteroatoms. The molecule has 1 atom stereocenters. The summed E-state index contributed by atoms with van der Waals surface area (Å²) in [7, 11) is -3.81. The Morgan fingerprint density at radius 3 is 1.82 bits per heavy atom. The maximum atomic E-state index is 10.4. The number of hydrogen-bond acceptors (Lipinski definition) is 2. The highest BCUT2D eigenvalue weighted by Crippen LogP contribution is 2.30. The van der Waals surface area contributed by atoms with Gasteiger partial charge in [-0.25, -0.2) is 8.42 Å². The number of rotatable bonds is 2. The van der Waals surface area contributed by atoms with Crippen LogP contribution in [0.4, 0.5) is 0 Å². The van der Waals surface area contributed by atoms with E-state index in [9.17, 15) is 8.42 Å². The average molecular weight is 178 g/mol. The van der Waals surface area contributed by atoms with Gasteiger partial charge in [0.05, 0.1) is 0 Å². The van der Waals surface area contributed by atoms with Gasteiger partial charge in [-0.1, -0.05) is 27.7 Å². The summed E-state index contributed by atoms with van der Waals surface area (Å²) in [6.45, 7) is 7.50. The molecule has 3 nitrogen and oxygen atoms in total. The van der Waals surface area contributed by atoms with Crippen LogP contribution in [-0.2, 0) is 9.97 Å². The van der Waals surface area contributed by atoms with Gasteiger partial charge in [0.25, 0.3) is 0 Å². The van der Waals surface area contributed by atoms with Gasteiger partial charge in [-0.3, -0.25) is 4.55 Å². The van der Waals surface area contributed by atoms with E-state index in [2.05, 4.69) is 0 Å². The topological polar surface area (TPSA) is 54.4 Å². The molecule has 0 aromatic heterocycles. The Balaban J connectivity index is 4.21. The highest BCUT2D eigenvalue weighted by Gasteiger charge is 2.26. The molecule has 66 valence electrons. The van der Waals surface area contributed by atoms with E-state index in [1.54, 1.807) is 0 Å². The van der Waals surface area contributed by atoms with Crippen molar-refractivity contribution < 1.29 is 13.0 Å². The van der Waals surface area contributed by atoms with Crippen LogP contribution in [0.2, 0.25) is 5.82 Å². The van der Waals surface area contributed by atoms with Gasteiger partial charge in [-0.2, -0.15) is 0 Å². The minimum atomic E-state index is -3.81. The second-order valence-electron chi connectivity index (χ2n) is 4.02. The third-order valence-electron chi connectivity index (χ3n) is 1.94. The van der Waals surface area contributed by atoms with Crippen molar-refractivity contribution in [2.75, 3.05) is 0 Å². The summed E-state index contributed by atoms with van der Waals surface area (Å²) in [6, 6.07) is 0. The second-order valence-corrected chi connectivity index (χ2v) is 5.51. The maximum Gasteiger partial charge on any atom is 0.312 e. The van der Waals surface area contributed by atoms with E-state index >= 15 is 0 Å². The SMILES string of the molecule is CC(BS(=O)(=O)O)C(C)(C)C. The van der Waals surface area contributed by atoms with Gasteiger partial charge in [0.2, 0.25) is 9.97 Å². The lowest BCUT2D eigenvalue weighted by atomic mass is 9.69. The molecule has 0 aromatic rings. The Labute approximate surface area is 69.1 Å². The quantitative estimate of drug-likeness (QED) is 0.508. The molecule has 11 heavy (non-hydrogen) atoms. The van der Waals surface area contributed by atoms with Crippen molar-refractivity contribution in [3.05, 3.63) is 0 Å². The van der Waals surface area contributed by atoms with E-state index in [0.29, 0.717) is 0 Å². The van der Waals surface area contributed by atoms with Gasteiger partial charge >= 0.3 is 6.56 Å². The first kappa shape index (κ1) is 11.0. The first-order valence-electron chi connectivity index (χ1n) is 3.58. The van der Waals surface area contributed by atoms with Gasteiger partial charge in [-0.15, -0.1) is 0 Å². The summed E-state index contributed by atoms with van der Waals surface area (Å²) in [5.74, 6) is -0.0301. The first-order valence-corrected chi connectivity index (χ1v) is 5.19. The van der Waals surface area contributed by atoms with Crippen LogP contribution >= 0.6 is 0 Å². The summed E-state index contributed by atoms with van der Waals surface area (Å²) in [4.78, 5) is 0. The van der Waals surface area contributed by atoms with Crippen LogP contribution in [0.25, 0.3) is 0 Å². The van der Waals surface area contributed by atoms with Gasteiger partial charge < -0.3 is 0 Å². The van der Waals surface area contributed by atoms with E-state index in [4.69, 9.17) is 4.55 Å². The third-order valence-corrected chi connectivity index (χ3v) is 2.86. The van der Waals surface area contributed by atoms with Gasteiger partial charge in [0, 0.05) is 0 Å². The zero-order chi connectivity index (χ0) is 9.28. The second kappa shape index (κ2) is 3.15. The van der Waals surface area contributed by atoms with E-state index in [-0.39, 0.29) is 17.8 Å². The molecule has 0 amide bonds. The molecule has 0 spiro atoms. The molecular formula is C6H15BO3S. The molecule has 0 aliphatic rings. The molecule has 0 saturated heterocycles. The summed E-state index contributed by atoms with van der Waals surface area (Å²) in [6.07, 6.45) is 0. The van der Waals surface area contributed by atoms with Crippen LogP contribution in [0.1, 0.15) is 27.7 Å². The van der Waals surface area contributed by atoms with Crippen molar-refractivity contribution in [1.29, 1.82) is 0 Å². The normalized spacial score (nSPS) is 16.1. The molecule has 1 unspecified atom stereocenters. The lowest BCUT2D eigenvalue weighted by molar-refractivity contribution is 0.395. The largest absolute Gasteiger partial charge is 0.312 e. The minimum Gasteiger partial charge on any atom is -0.295 e. The molecule has 0 fully saturated rings. The summed E-state index contributed by atoms with van der Waals surface area (Å²) in [5, 5.41) is 0. The Bertz CT molecular complexity index is 214. The zero-order valence-electron chi connectivity index (χ0n) is 7.46. The van der Waals surface area contributed by atoms with Crippen molar-refractivity contribution in [1.82, 2.24) is 0 Å². The Morgan fingerprint density at radius 2 is 1.73 bits per heavy atom. The van der Waals surface area contributed by atoms with Gasteiger partial charge in [0.1, 0.15) is 0 Å². The van der Waals surface area contributed by atoms with Crippen molar-refractivity contribution in [3.63, 3.8) is 0 Å². The van der Waals surface area contributed by atoms with Crippen molar-refractivity contribution in [2.24, 2.45) is 5.41 Å². The van der Waals surface area contributed by atoms with Crippen molar-refractivity contribution >= 4 is 16.5 Å². The van der Waals surface area contributed by atoms with Crippen molar-refractivity contribution in [2.45, 2.75) is 33.5 Å². The van der Waals surface area contributed by atoms with Crippen LogP contribution < -0.4 is 0 Å². The number of hydrogen-bond donors (Lipinski definition) is 1. The molecule has 0 aromatic carbocycles. The molecule has 0 aliphatic carbocycles. The maximum absolute atomic E-state index is 10.4. The fourth-order valence-corrected chi connectivity index (χ4v) is 1.70. The van der Waals surface area contributed by atoms with Crippen molar-refractivity contribution in [3.8, 4) is 0 Å². The molecule has 0 saturated carbocycles. The molecular weight excluding hydrogens is 163 g/mol. The van der Waals surface area contributed by atoms with Crippen LogP contribution in [0.5, 0.6) is 0 Å². The molecule has 0 bridgehead atoms. The van der Waals surface area contributed by atoms with E-state index in [1.165, 1.54) is 0 Å². The van der Waals surface area contributed by atoms with Crippen LogP contribution in [0.3, 0.4) is 0 Å². The lowest BCUT2D eigenvalue weighted by Crippen LogP contribution is -2.23. The van der Waals surface area contributed by atoms with E-state index < -0.39 is 9.97 Å². The van der Waals surface area contributed by atoms with Crippen LogP contribution in [-0.4, -0.2) is 19.5 Å². The summed E-state index contributed by atoms with van der Waals surface area (Å²) in [5.41, 5.74) is -0.0736. The van der Waals surface area contributed by atoms with E-state index in [1.807, 2.05) is 27.7 Å². The summed E-state index contributed by atoms with van der Waals surface area (Å²) < 4.78 is 29.4. The Morgan fingerprint density at radius 1 is 1.36 bits per heavy atom. The molecule has 1 N–H and O–H groups in total. The molecule has 0 aliphatic heterocycles. The average Bonchev–Trinajstić information content (AvgIpc) is 1.56. The smallest absolute Gasteiger partial charge is 0.295 e. The van der Waals surface area contributed by atoms with E-state index in [0.717, 1.165) is 0 Å². The monoisotopic (exact) mass is 178 g/mol.